The molecule has 2 aromatic rings. The van der Waals surface area contributed by atoms with E-state index in [0.29, 0.717) is 0 Å². The lowest BCUT2D eigenvalue weighted by atomic mass is 10.1. The molecule has 1 aromatic heterocycles. The highest BCUT2D eigenvalue weighted by Gasteiger charge is 2.23. The fourth-order valence-corrected chi connectivity index (χ4v) is 2.54. The van der Waals surface area contributed by atoms with Gasteiger partial charge in [0.1, 0.15) is 0 Å². The molecule has 0 spiro atoms. The normalized spacial score (nSPS) is 19.3. The predicted molar refractivity (Wildman–Crippen MR) is 72.6 cm³/mol. The Bertz CT molecular complexity index is 582. The average Bonchev–Trinajstić information content (AvgIpc) is 2.98. The van der Waals surface area contributed by atoms with Gasteiger partial charge < -0.3 is 15.6 Å². The zero-order chi connectivity index (χ0) is 12.5. The third-order valence-electron chi connectivity index (χ3n) is 3.57. The van der Waals surface area contributed by atoms with E-state index in [0.717, 1.165) is 41.8 Å². The second-order valence-electron chi connectivity index (χ2n) is 4.85. The van der Waals surface area contributed by atoms with Gasteiger partial charge in [0.05, 0.1) is 11.6 Å². The molecular weight excluding hydrogens is 226 g/mol. The quantitative estimate of drug-likeness (QED) is 0.756. The summed E-state index contributed by atoms with van der Waals surface area (Å²) in [6.45, 7) is 3.71. The van der Waals surface area contributed by atoms with Crippen LogP contribution in [0.1, 0.15) is 12.1 Å². The van der Waals surface area contributed by atoms with Crippen molar-refractivity contribution in [2.45, 2.75) is 13.3 Å². The summed E-state index contributed by atoms with van der Waals surface area (Å²) in [5.41, 5.74) is 2.99. The molecule has 4 heteroatoms. The number of nitrogens with one attached hydrogen (secondary N) is 3. The minimum Gasteiger partial charge on any atom is -0.357 e. The number of aryl methyl sites for hydroxylation is 1. The van der Waals surface area contributed by atoms with Crippen LogP contribution in [0.25, 0.3) is 10.9 Å². The second kappa shape index (κ2) is 4.46. The molecule has 0 aliphatic carbocycles. The molecule has 0 bridgehead atoms. The summed E-state index contributed by atoms with van der Waals surface area (Å²) >= 11 is 0. The zero-order valence-electron chi connectivity index (χ0n) is 10.4. The molecular formula is C14H17N3O. The van der Waals surface area contributed by atoms with E-state index < -0.39 is 0 Å². The van der Waals surface area contributed by atoms with E-state index in [9.17, 15) is 4.79 Å². The Kier molecular flexibility index (Phi) is 2.80. The highest BCUT2D eigenvalue weighted by Crippen LogP contribution is 2.27. The van der Waals surface area contributed by atoms with Gasteiger partial charge in [-0.1, -0.05) is 18.2 Å². The average molecular weight is 243 g/mol. The molecule has 3 N–H and O–H groups in total. The Morgan fingerprint density at radius 3 is 3.00 bits per heavy atom. The number of hydrogen-bond acceptors (Lipinski definition) is 2. The number of H-pyrrole nitrogens is 1. The maximum atomic E-state index is 12.1. The van der Waals surface area contributed by atoms with Gasteiger partial charge in [-0.3, -0.25) is 4.79 Å². The van der Waals surface area contributed by atoms with Crippen molar-refractivity contribution < 1.29 is 4.79 Å². The minimum absolute atomic E-state index is 0.0954. The summed E-state index contributed by atoms with van der Waals surface area (Å²) < 4.78 is 0. The number of anilines is 1. The monoisotopic (exact) mass is 243 g/mol. The van der Waals surface area contributed by atoms with E-state index in [1.54, 1.807) is 0 Å². The number of carbonyl (C=O) groups is 1. The van der Waals surface area contributed by atoms with Gasteiger partial charge in [0.15, 0.2) is 0 Å². The summed E-state index contributed by atoms with van der Waals surface area (Å²) in [4.78, 5) is 15.4. The number of fused-ring (bicyclic) bond motifs is 1. The highest BCUT2D eigenvalue weighted by molar-refractivity contribution is 6.03. The molecule has 94 valence electrons. The molecule has 0 radical (unpaired) electrons. The SMILES string of the molecule is Cc1[nH]c2ccccc2c1NC(=O)C1CCNC1. The fraction of sp³-hybridized carbons (Fsp3) is 0.357. The first kappa shape index (κ1) is 11.3. The number of hydrogen-bond donors (Lipinski definition) is 3. The van der Waals surface area contributed by atoms with Crippen molar-refractivity contribution in [3.8, 4) is 0 Å². The van der Waals surface area contributed by atoms with Gasteiger partial charge >= 0.3 is 0 Å². The van der Waals surface area contributed by atoms with Gasteiger partial charge in [0, 0.05) is 23.1 Å². The maximum absolute atomic E-state index is 12.1. The molecule has 1 fully saturated rings. The van der Waals surface area contributed by atoms with Crippen molar-refractivity contribution in [3.63, 3.8) is 0 Å². The third-order valence-corrected chi connectivity index (χ3v) is 3.57. The van der Waals surface area contributed by atoms with Crippen molar-refractivity contribution in [1.29, 1.82) is 0 Å². The molecule has 18 heavy (non-hydrogen) atoms. The first-order valence-electron chi connectivity index (χ1n) is 6.34. The van der Waals surface area contributed by atoms with Crippen LogP contribution < -0.4 is 10.6 Å². The lowest BCUT2D eigenvalue weighted by Gasteiger charge is -2.10. The number of aromatic amines is 1. The Labute approximate surface area is 106 Å². The molecule has 0 saturated carbocycles. The van der Waals surface area contributed by atoms with Crippen molar-refractivity contribution in [2.24, 2.45) is 5.92 Å². The Morgan fingerprint density at radius 1 is 1.39 bits per heavy atom. The largest absolute Gasteiger partial charge is 0.357 e. The van der Waals surface area contributed by atoms with Crippen LogP contribution >= 0.6 is 0 Å². The van der Waals surface area contributed by atoms with Crippen LogP contribution in [0.2, 0.25) is 0 Å². The number of rotatable bonds is 2. The van der Waals surface area contributed by atoms with Crippen molar-refractivity contribution in [3.05, 3.63) is 30.0 Å². The van der Waals surface area contributed by atoms with Crippen LogP contribution in [0.15, 0.2) is 24.3 Å². The molecule has 1 amide bonds. The van der Waals surface area contributed by atoms with Crippen LogP contribution in [0.5, 0.6) is 0 Å². The molecule has 1 aliphatic heterocycles. The van der Waals surface area contributed by atoms with Gasteiger partial charge in [-0.25, -0.2) is 0 Å². The molecule has 3 rings (SSSR count). The maximum Gasteiger partial charge on any atom is 0.228 e. The Balaban J connectivity index is 1.89. The van der Waals surface area contributed by atoms with E-state index in [2.05, 4.69) is 15.6 Å². The van der Waals surface area contributed by atoms with Crippen LogP contribution in [0.4, 0.5) is 5.69 Å². The van der Waals surface area contributed by atoms with E-state index in [4.69, 9.17) is 0 Å². The summed E-state index contributed by atoms with van der Waals surface area (Å²) in [6.07, 6.45) is 0.924. The fourth-order valence-electron chi connectivity index (χ4n) is 2.54. The summed E-state index contributed by atoms with van der Waals surface area (Å²) in [5, 5.41) is 7.36. The molecule has 2 heterocycles. The van der Waals surface area contributed by atoms with Crippen LogP contribution in [0, 0.1) is 12.8 Å². The third kappa shape index (κ3) is 1.88. The van der Waals surface area contributed by atoms with Crippen molar-refractivity contribution in [2.75, 3.05) is 18.4 Å². The van der Waals surface area contributed by atoms with Gasteiger partial charge in [0.25, 0.3) is 0 Å². The van der Waals surface area contributed by atoms with Gasteiger partial charge in [-0.15, -0.1) is 0 Å². The number of benzene rings is 1. The molecule has 1 aromatic carbocycles. The number of amides is 1. The molecule has 1 aliphatic rings. The Hall–Kier alpha value is -1.81. The lowest BCUT2D eigenvalue weighted by Crippen LogP contribution is -2.24. The van der Waals surface area contributed by atoms with Gasteiger partial charge in [0.2, 0.25) is 5.91 Å². The summed E-state index contributed by atoms with van der Waals surface area (Å²) in [7, 11) is 0. The van der Waals surface area contributed by atoms with Gasteiger partial charge in [-0.05, 0) is 26.0 Å². The summed E-state index contributed by atoms with van der Waals surface area (Å²) in [6, 6.07) is 8.03. The minimum atomic E-state index is 0.0954. The number of carbonyl (C=O) groups excluding carboxylic acids is 1. The molecule has 4 nitrogen and oxygen atoms in total. The second-order valence-corrected chi connectivity index (χ2v) is 4.85. The van der Waals surface area contributed by atoms with E-state index in [1.165, 1.54) is 0 Å². The van der Waals surface area contributed by atoms with Crippen LogP contribution in [-0.2, 0) is 4.79 Å². The van der Waals surface area contributed by atoms with Gasteiger partial charge in [-0.2, -0.15) is 0 Å². The number of para-hydroxylation sites is 1. The first-order chi connectivity index (χ1) is 8.75. The predicted octanol–water partition coefficient (Wildman–Crippen LogP) is 2.02. The van der Waals surface area contributed by atoms with E-state index in [1.807, 2.05) is 31.2 Å². The zero-order valence-corrected chi connectivity index (χ0v) is 10.4. The van der Waals surface area contributed by atoms with E-state index >= 15 is 0 Å². The first-order valence-corrected chi connectivity index (χ1v) is 6.34. The topological polar surface area (TPSA) is 56.9 Å². The molecule has 1 unspecified atom stereocenters. The highest BCUT2D eigenvalue weighted by atomic mass is 16.1. The molecule has 1 saturated heterocycles. The standard InChI is InChI=1S/C14H17N3O/c1-9-13(11-4-2-3-5-12(11)16-9)17-14(18)10-6-7-15-8-10/h2-5,10,15-16H,6-8H2,1H3,(H,17,18). The smallest absolute Gasteiger partial charge is 0.228 e. The van der Waals surface area contributed by atoms with Crippen molar-refractivity contribution in [1.82, 2.24) is 10.3 Å². The molecule has 1 atom stereocenters. The summed E-state index contributed by atoms with van der Waals surface area (Å²) in [5.74, 6) is 0.214. The Morgan fingerprint density at radius 2 is 2.22 bits per heavy atom. The van der Waals surface area contributed by atoms with Crippen LogP contribution in [0.3, 0.4) is 0 Å². The van der Waals surface area contributed by atoms with E-state index in [-0.39, 0.29) is 11.8 Å². The lowest BCUT2D eigenvalue weighted by molar-refractivity contribution is -0.119. The number of aromatic nitrogens is 1. The van der Waals surface area contributed by atoms with Crippen LogP contribution in [-0.4, -0.2) is 24.0 Å². The van der Waals surface area contributed by atoms with Crippen molar-refractivity contribution >= 4 is 22.5 Å².